The molecular formula is C9H5BrF6N2O2. The molecule has 1 aromatic rings. The Morgan fingerprint density at radius 1 is 1.30 bits per heavy atom. The van der Waals surface area contributed by atoms with Gasteiger partial charge in [-0.1, -0.05) is 15.9 Å². The summed E-state index contributed by atoms with van der Waals surface area (Å²) in [6, 6.07) is 0.199. The molecule has 1 amide bonds. The molecule has 4 nitrogen and oxygen atoms in total. The van der Waals surface area contributed by atoms with Gasteiger partial charge >= 0.3 is 12.5 Å². The summed E-state index contributed by atoms with van der Waals surface area (Å²) in [5.41, 5.74) is 1.46. The monoisotopic (exact) mass is 366 g/mol. The van der Waals surface area contributed by atoms with Crippen molar-refractivity contribution in [2.45, 2.75) is 17.9 Å². The molecule has 0 saturated heterocycles. The van der Waals surface area contributed by atoms with Gasteiger partial charge in [0.2, 0.25) is 0 Å². The van der Waals surface area contributed by atoms with Gasteiger partial charge in [-0.05, 0) is 0 Å². The first-order valence-electron chi connectivity index (χ1n) is 4.68. The summed E-state index contributed by atoms with van der Waals surface area (Å²) in [5, 5.41) is -0.544. The summed E-state index contributed by atoms with van der Waals surface area (Å²) in [6.07, 6.45) is -10.5. The van der Waals surface area contributed by atoms with E-state index in [1.165, 1.54) is 0 Å². The zero-order chi connectivity index (χ0) is 15.7. The van der Waals surface area contributed by atoms with Crippen molar-refractivity contribution in [1.29, 1.82) is 0 Å². The Labute approximate surface area is 116 Å². The minimum absolute atomic E-state index is 0.199. The Kier molecular flexibility index (Phi) is 4.52. The molecule has 20 heavy (non-hydrogen) atoms. The largest absolute Gasteiger partial charge is 0.573 e. The van der Waals surface area contributed by atoms with Gasteiger partial charge in [-0.2, -0.15) is 13.2 Å². The van der Waals surface area contributed by atoms with Gasteiger partial charge in [0.25, 0.3) is 5.91 Å². The maximum atomic E-state index is 12.8. The van der Waals surface area contributed by atoms with E-state index in [2.05, 4.69) is 25.7 Å². The fraction of sp³-hybridized carbons (Fsp3) is 0.333. The van der Waals surface area contributed by atoms with E-state index in [0.717, 1.165) is 0 Å². The molecule has 112 valence electrons. The van der Waals surface area contributed by atoms with Crippen LogP contribution in [0.5, 0.6) is 5.75 Å². The summed E-state index contributed by atoms with van der Waals surface area (Å²) in [6.45, 7) is 0. The van der Waals surface area contributed by atoms with Crippen LogP contribution in [-0.4, -0.2) is 17.3 Å². The second kappa shape index (κ2) is 5.46. The van der Waals surface area contributed by atoms with E-state index in [4.69, 9.17) is 5.73 Å². The SMILES string of the molecule is NC(=O)c1cc(OC(F)(F)F)c(C(F)(F)F)c(CBr)n1. The lowest BCUT2D eigenvalue weighted by molar-refractivity contribution is -0.276. The predicted octanol–water partition coefficient (Wildman–Crippen LogP) is 2.99. The number of alkyl halides is 7. The Balaban J connectivity index is 3.57. The van der Waals surface area contributed by atoms with Gasteiger partial charge in [0.05, 0.1) is 5.69 Å². The molecule has 0 radical (unpaired) electrons. The van der Waals surface area contributed by atoms with E-state index >= 15 is 0 Å². The first kappa shape index (κ1) is 16.5. The lowest BCUT2D eigenvalue weighted by Gasteiger charge is -2.18. The minimum Gasteiger partial charge on any atom is -0.405 e. The van der Waals surface area contributed by atoms with Gasteiger partial charge in [-0.15, -0.1) is 13.2 Å². The van der Waals surface area contributed by atoms with Crippen LogP contribution in [0.3, 0.4) is 0 Å². The summed E-state index contributed by atoms with van der Waals surface area (Å²) < 4.78 is 78.1. The molecule has 1 aromatic heterocycles. The highest BCUT2D eigenvalue weighted by molar-refractivity contribution is 9.08. The number of carbonyl (C=O) groups is 1. The van der Waals surface area contributed by atoms with E-state index in [-0.39, 0.29) is 6.07 Å². The number of rotatable bonds is 3. The molecule has 0 aliphatic carbocycles. The maximum Gasteiger partial charge on any atom is 0.573 e. The standard InChI is InChI=1S/C9H5BrF6N2O2/c10-2-4-6(8(11,12)13)5(20-9(14,15)16)1-3(18-4)7(17)19/h1H,2H2,(H2,17,19). The molecule has 0 saturated carbocycles. The van der Waals surface area contributed by atoms with Crippen molar-refractivity contribution >= 4 is 21.8 Å². The van der Waals surface area contributed by atoms with Crippen LogP contribution in [0.15, 0.2) is 6.07 Å². The van der Waals surface area contributed by atoms with E-state index in [1.54, 1.807) is 0 Å². The number of pyridine rings is 1. The van der Waals surface area contributed by atoms with Gasteiger partial charge < -0.3 is 10.5 Å². The van der Waals surface area contributed by atoms with Crippen molar-refractivity contribution < 1.29 is 35.9 Å². The van der Waals surface area contributed by atoms with E-state index < -0.39 is 46.5 Å². The van der Waals surface area contributed by atoms with Crippen LogP contribution < -0.4 is 10.5 Å². The average molecular weight is 367 g/mol. The number of aromatic nitrogens is 1. The fourth-order valence-electron chi connectivity index (χ4n) is 1.30. The smallest absolute Gasteiger partial charge is 0.405 e. The Morgan fingerprint density at radius 2 is 1.85 bits per heavy atom. The first-order valence-corrected chi connectivity index (χ1v) is 5.80. The van der Waals surface area contributed by atoms with Crippen LogP contribution in [0, 0.1) is 0 Å². The third-order valence-corrected chi connectivity index (χ3v) is 2.48. The van der Waals surface area contributed by atoms with Crippen molar-refractivity contribution in [2.24, 2.45) is 5.73 Å². The van der Waals surface area contributed by atoms with Gasteiger partial charge in [0, 0.05) is 11.4 Å². The van der Waals surface area contributed by atoms with Gasteiger partial charge in [0.1, 0.15) is 17.0 Å². The highest BCUT2D eigenvalue weighted by Crippen LogP contribution is 2.41. The predicted molar refractivity (Wildman–Crippen MR) is 57.1 cm³/mol. The van der Waals surface area contributed by atoms with Crippen LogP contribution >= 0.6 is 15.9 Å². The molecule has 2 N–H and O–H groups in total. The quantitative estimate of drug-likeness (QED) is 0.660. The zero-order valence-corrected chi connectivity index (χ0v) is 10.9. The van der Waals surface area contributed by atoms with Crippen molar-refractivity contribution in [3.8, 4) is 5.75 Å². The molecule has 0 aliphatic heterocycles. The summed E-state index contributed by atoms with van der Waals surface area (Å²) in [5.74, 6) is -2.86. The highest BCUT2D eigenvalue weighted by Gasteiger charge is 2.42. The van der Waals surface area contributed by atoms with Crippen LogP contribution in [-0.2, 0) is 11.5 Å². The van der Waals surface area contributed by atoms with Gasteiger partial charge in [-0.3, -0.25) is 4.79 Å². The van der Waals surface area contributed by atoms with Crippen LogP contribution in [0.25, 0.3) is 0 Å². The molecule has 0 aliphatic rings. The first-order chi connectivity index (χ1) is 8.95. The topological polar surface area (TPSA) is 65.2 Å². The number of hydrogen-bond acceptors (Lipinski definition) is 3. The number of carbonyl (C=O) groups excluding carboxylic acids is 1. The molecule has 0 bridgehead atoms. The number of halogens is 7. The van der Waals surface area contributed by atoms with Crippen molar-refractivity contribution in [2.75, 3.05) is 0 Å². The molecule has 0 unspecified atom stereocenters. The number of nitrogens with two attached hydrogens (primary N) is 1. The Bertz CT molecular complexity index is 528. The third kappa shape index (κ3) is 3.99. The zero-order valence-electron chi connectivity index (χ0n) is 9.27. The van der Waals surface area contributed by atoms with Crippen molar-refractivity contribution in [3.05, 3.63) is 23.0 Å². The molecule has 0 spiro atoms. The number of hydrogen-bond donors (Lipinski definition) is 1. The average Bonchev–Trinajstić information content (AvgIpc) is 2.23. The van der Waals surface area contributed by atoms with Gasteiger partial charge in [-0.25, -0.2) is 4.98 Å². The molecule has 11 heteroatoms. The molecule has 0 atom stereocenters. The summed E-state index contributed by atoms with van der Waals surface area (Å²) in [4.78, 5) is 14.1. The molecular weight excluding hydrogens is 362 g/mol. The van der Waals surface area contributed by atoms with Gasteiger partial charge in [0.15, 0.2) is 0 Å². The van der Waals surface area contributed by atoms with Crippen LogP contribution in [0.2, 0.25) is 0 Å². The van der Waals surface area contributed by atoms with E-state index in [0.29, 0.717) is 0 Å². The van der Waals surface area contributed by atoms with E-state index in [1.807, 2.05) is 0 Å². The maximum absolute atomic E-state index is 12.8. The highest BCUT2D eigenvalue weighted by atomic mass is 79.9. The minimum atomic E-state index is -5.36. The summed E-state index contributed by atoms with van der Waals surface area (Å²) in [7, 11) is 0. The number of primary amides is 1. The van der Waals surface area contributed by atoms with Crippen molar-refractivity contribution in [3.63, 3.8) is 0 Å². The Hall–Kier alpha value is -1.52. The molecule has 0 fully saturated rings. The van der Waals surface area contributed by atoms with Crippen LogP contribution in [0.4, 0.5) is 26.3 Å². The molecule has 1 rings (SSSR count). The van der Waals surface area contributed by atoms with E-state index in [9.17, 15) is 31.1 Å². The fourth-order valence-corrected chi connectivity index (χ4v) is 1.71. The lowest BCUT2D eigenvalue weighted by atomic mass is 10.1. The normalized spacial score (nSPS) is 12.3. The second-order valence-electron chi connectivity index (χ2n) is 3.37. The summed E-state index contributed by atoms with van der Waals surface area (Å²) >= 11 is 2.65. The Morgan fingerprint density at radius 3 is 2.20 bits per heavy atom. The number of amides is 1. The van der Waals surface area contributed by atoms with Crippen molar-refractivity contribution in [1.82, 2.24) is 4.98 Å². The number of nitrogens with zero attached hydrogens (tertiary/aromatic N) is 1. The van der Waals surface area contributed by atoms with Crippen LogP contribution in [0.1, 0.15) is 21.7 Å². The third-order valence-electron chi connectivity index (χ3n) is 1.95. The number of ether oxygens (including phenoxy) is 1. The molecule has 1 heterocycles. The second-order valence-corrected chi connectivity index (χ2v) is 3.93. The molecule has 0 aromatic carbocycles. The lowest BCUT2D eigenvalue weighted by Crippen LogP contribution is -2.23.